The molecule has 2 aromatic rings. The van der Waals surface area contributed by atoms with Gasteiger partial charge in [0.1, 0.15) is 0 Å². The van der Waals surface area contributed by atoms with Crippen LogP contribution in [0.5, 0.6) is 0 Å². The quantitative estimate of drug-likeness (QED) is 0.850. The Morgan fingerprint density at radius 2 is 2.09 bits per heavy atom. The maximum Gasteiger partial charge on any atom is 0.224 e. The van der Waals surface area contributed by atoms with Gasteiger partial charge >= 0.3 is 0 Å². The van der Waals surface area contributed by atoms with Crippen molar-refractivity contribution in [1.82, 2.24) is 15.1 Å². The van der Waals surface area contributed by atoms with Crippen molar-refractivity contribution in [3.63, 3.8) is 0 Å². The van der Waals surface area contributed by atoms with Crippen molar-refractivity contribution in [3.8, 4) is 5.69 Å². The largest absolute Gasteiger partial charge is 0.354 e. The van der Waals surface area contributed by atoms with Crippen LogP contribution in [0.4, 0.5) is 0 Å². The van der Waals surface area contributed by atoms with Gasteiger partial charge < -0.3 is 11.1 Å². The third kappa shape index (κ3) is 4.32. The fraction of sp³-hybridized carbons (Fsp3) is 0.375. The van der Waals surface area contributed by atoms with Crippen LogP contribution in [0, 0.1) is 5.92 Å². The van der Waals surface area contributed by atoms with E-state index in [2.05, 4.69) is 10.4 Å². The Morgan fingerprint density at radius 1 is 1.36 bits per heavy atom. The van der Waals surface area contributed by atoms with Gasteiger partial charge in [0.15, 0.2) is 0 Å². The molecule has 0 spiro atoms. The Hall–Kier alpha value is -1.85. The molecule has 0 aliphatic heterocycles. The van der Waals surface area contributed by atoms with Crippen molar-refractivity contribution in [3.05, 3.63) is 48.3 Å². The Bertz CT molecular complexity index is 610. The van der Waals surface area contributed by atoms with Crippen LogP contribution in [0.2, 0.25) is 0 Å². The lowest BCUT2D eigenvalue weighted by molar-refractivity contribution is -0.120. The molecule has 0 bridgehead atoms. The van der Waals surface area contributed by atoms with Crippen LogP contribution in [0.15, 0.2) is 42.7 Å². The van der Waals surface area contributed by atoms with Crippen LogP contribution in [-0.2, 0) is 11.2 Å². The highest BCUT2D eigenvalue weighted by Gasteiger charge is 2.28. The predicted octanol–water partition coefficient (Wildman–Crippen LogP) is 1.69. The van der Waals surface area contributed by atoms with E-state index in [1.807, 2.05) is 36.5 Å². The second-order valence-electron chi connectivity index (χ2n) is 5.61. The first-order chi connectivity index (χ1) is 10.2. The maximum atomic E-state index is 11.9. The van der Waals surface area contributed by atoms with E-state index in [0.717, 1.165) is 11.3 Å². The molecule has 6 heteroatoms. The van der Waals surface area contributed by atoms with Gasteiger partial charge in [-0.3, -0.25) is 4.79 Å². The fourth-order valence-corrected chi connectivity index (χ4v) is 2.34. The molecular formula is C16H21ClN4O. The van der Waals surface area contributed by atoms with Gasteiger partial charge in [-0.1, -0.05) is 18.2 Å². The van der Waals surface area contributed by atoms with Gasteiger partial charge in [-0.25, -0.2) is 4.68 Å². The van der Waals surface area contributed by atoms with Crippen molar-refractivity contribution < 1.29 is 4.79 Å². The molecule has 1 saturated carbocycles. The molecule has 5 nitrogen and oxygen atoms in total. The lowest BCUT2D eigenvalue weighted by Crippen LogP contribution is -2.39. The molecule has 3 N–H and O–H groups in total. The molecule has 1 amide bonds. The number of rotatable bonds is 6. The van der Waals surface area contributed by atoms with E-state index >= 15 is 0 Å². The van der Waals surface area contributed by atoms with Crippen LogP contribution < -0.4 is 11.1 Å². The van der Waals surface area contributed by atoms with Gasteiger partial charge in [-0.15, -0.1) is 12.4 Å². The summed E-state index contributed by atoms with van der Waals surface area (Å²) in [5.41, 5.74) is 7.86. The van der Waals surface area contributed by atoms with E-state index in [-0.39, 0.29) is 24.4 Å². The molecule has 1 atom stereocenters. The van der Waals surface area contributed by atoms with Crippen LogP contribution in [0.3, 0.4) is 0 Å². The number of carbonyl (C=O) groups excluding carboxylic acids is 1. The highest BCUT2D eigenvalue weighted by molar-refractivity contribution is 5.85. The summed E-state index contributed by atoms with van der Waals surface area (Å²) in [5, 5.41) is 7.19. The molecule has 3 rings (SSSR count). The molecule has 1 fully saturated rings. The summed E-state index contributed by atoms with van der Waals surface area (Å²) in [6, 6.07) is 9.94. The number of hydrogen-bond acceptors (Lipinski definition) is 3. The molecule has 1 aromatic heterocycles. The summed E-state index contributed by atoms with van der Waals surface area (Å²) in [4.78, 5) is 11.9. The number of para-hydroxylation sites is 1. The molecule has 1 aliphatic carbocycles. The highest BCUT2D eigenvalue weighted by atomic mass is 35.5. The Labute approximate surface area is 136 Å². The number of nitrogens with one attached hydrogen (secondary N) is 1. The first-order valence-electron chi connectivity index (χ1n) is 7.33. The number of hydrogen-bond donors (Lipinski definition) is 2. The molecule has 1 aliphatic rings. The van der Waals surface area contributed by atoms with E-state index in [1.54, 1.807) is 10.9 Å². The molecule has 22 heavy (non-hydrogen) atoms. The minimum atomic E-state index is -0.00119. The predicted molar refractivity (Wildman–Crippen MR) is 88.2 cm³/mol. The third-order valence-corrected chi connectivity index (χ3v) is 3.78. The molecule has 1 aromatic carbocycles. The lowest BCUT2D eigenvalue weighted by Gasteiger charge is -2.10. The normalized spacial score (nSPS) is 15.0. The Balaban J connectivity index is 0.00000176. The lowest BCUT2D eigenvalue weighted by atomic mass is 10.2. The zero-order chi connectivity index (χ0) is 14.7. The Morgan fingerprint density at radius 3 is 2.77 bits per heavy atom. The fourth-order valence-electron chi connectivity index (χ4n) is 2.34. The first kappa shape index (κ1) is 16.5. The minimum Gasteiger partial charge on any atom is -0.354 e. The van der Waals surface area contributed by atoms with Crippen LogP contribution in [0.1, 0.15) is 18.4 Å². The summed E-state index contributed by atoms with van der Waals surface area (Å²) in [6.45, 7) is 0.566. The smallest absolute Gasteiger partial charge is 0.224 e. The average Bonchev–Trinajstić information content (AvgIpc) is 3.26. The highest BCUT2D eigenvalue weighted by Crippen LogP contribution is 2.31. The van der Waals surface area contributed by atoms with Crippen LogP contribution in [0.25, 0.3) is 5.69 Å². The number of benzene rings is 1. The second kappa shape index (κ2) is 7.42. The number of carbonyl (C=O) groups is 1. The first-order valence-corrected chi connectivity index (χ1v) is 7.33. The van der Waals surface area contributed by atoms with Crippen molar-refractivity contribution in [2.75, 3.05) is 6.54 Å². The topological polar surface area (TPSA) is 72.9 Å². The van der Waals surface area contributed by atoms with Gasteiger partial charge in [-0.05, 0) is 36.5 Å². The van der Waals surface area contributed by atoms with E-state index < -0.39 is 0 Å². The molecular weight excluding hydrogens is 300 g/mol. The summed E-state index contributed by atoms with van der Waals surface area (Å²) < 4.78 is 1.78. The summed E-state index contributed by atoms with van der Waals surface area (Å²) in [7, 11) is 0. The SMILES string of the molecule is Cl.NC(CNC(=O)Cc1cnn(-c2ccccc2)c1)C1CC1. The van der Waals surface area contributed by atoms with Gasteiger partial charge in [0.25, 0.3) is 0 Å². The average molecular weight is 321 g/mol. The molecule has 118 valence electrons. The van der Waals surface area contributed by atoms with Crippen molar-refractivity contribution in [2.24, 2.45) is 11.7 Å². The summed E-state index contributed by atoms with van der Waals surface area (Å²) >= 11 is 0. The van der Waals surface area contributed by atoms with Gasteiger partial charge in [0.05, 0.1) is 18.3 Å². The monoisotopic (exact) mass is 320 g/mol. The number of nitrogens with zero attached hydrogens (tertiary/aromatic N) is 2. The van der Waals surface area contributed by atoms with Crippen molar-refractivity contribution in [2.45, 2.75) is 25.3 Å². The van der Waals surface area contributed by atoms with Crippen molar-refractivity contribution >= 4 is 18.3 Å². The van der Waals surface area contributed by atoms with Crippen LogP contribution in [-0.4, -0.2) is 28.3 Å². The van der Waals surface area contributed by atoms with Gasteiger partial charge in [-0.2, -0.15) is 5.10 Å². The van der Waals surface area contributed by atoms with Crippen molar-refractivity contribution in [1.29, 1.82) is 0 Å². The number of nitrogens with two attached hydrogens (primary N) is 1. The minimum absolute atomic E-state index is 0. The van der Waals surface area contributed by atoms with E-state index in [9.17, 15) is 4.79 Å². The number of aromatic nitrogens is 2. The van der Waals surface area contributed by atoms with E-state index in [0.29, 0.717) is 18.9 Å². The zero-order valence-electron chi connectivity index (χ0n) is 12.3. The van der Waals surface area contributed by atoms with Gasteiger partial charge in [0.2, 0.25) is 5.91 Å². The standard InChI is InChI=1S/C16H20N4O.ClH/c17-15(13-6-7-13)10-18-16(21)8-12-9-19-20(11-12)14-4-2-1-3-5-14;/h1-5,9,11,13,15H,6-8,10,17H2,(H,18,21);1H. The van der Waals surface area contributed by atoms with E-state index in [1.165, 1.54) is 12.8 Å². The summed E-state index contributed by atoms with van der Waals surface area (Å²) in [6.07, 6.45) is 6.34. The summed E-state index contributed by atoms with van der Waals surface area (Å²) in [5.74, 6) is 0.602. The second-order valence-corrected chi connectivity index (χ2v) is 5.61. The molecule has 0 saturated heterocycles. The van der Waals surface area contributed by atoms with E-state index in [4.69, 9.17) is 5.73 Å². The molecule has 1 heterocycles. The maximum absolute atomic E-state index is 11.9. The molecule has 1 unspecified atom stereocenters. The number of halogens is 1. The molecule has 0 radical (unpaired) electrons. The van der Waals surface area contributed by atoms with Gasteiger partial charge in [0, 0.05) is 18.8 Å². The number of amides is 1. The van der Waals surface area contributed by atoms with Crippen LogP contribution >= 0.6 is 12.4 Å². The zero-order valence-corrected chi connectivity index (χ0v) is 13.1. The third-order valence-electron chi connectivity index (χ3n) is 3.78. The Kier molecular flexibility index (Phi) is 5.57.